The van der Waals surface area contributed by atoms with Crippen LogP contribution in [0.5, 0.6) is 0 Å². The molecule has 4 heteroatoms. The van der Waals surface area contributed by atoms with Crippen LogP contribution < -0.4 is 0 Å². The molecule has 0 bridgehead atoms. The van der Waals surface area contributed by atoms with Crippen LogP contribution in [0, 0.1) is 5.41 Å². The molecular formula is C6H6O4. The summed E-state index contributed by atoms with van der Waals surface area (Å²) in [5.41, 5.74) is -2.06. The molecule has 0 atom stereocenters. The van der Waals surface area contributed by atoms with Gasteiger partial charge >= 0.3 is 0 Å². The summed E-state index contributed by atoms with van der Waals surface area (Å²) in [7, 11) is 0. The molecule has 0 aliphatic rings. The number of carbonyl (C=O) groups excluding carboxylic acids is 4. The van der Waals surface area contributed by atoms with Crippen molar-refractivity contribution in [2.24, 2.45) is 5.41 Å². The van der Waals surface area contributed by atoms with Crippen LogP contribution in [0.15, 0.2) is 0 Å². The van der Waals surface area contributed by atoms with Crippen molar-refractivity contribution in [1.82, 2.24) is 0 Å². The van der Waals surface area contributed by atoms with E-state index in [1.54, 1.807) is 0 Å². The lowest BCUT2D eigenvalue weighted by molar-refractivity contribution is -0.141. The van der Waals surface area contributed by atoms with E-state index in [9.17, 15) is 19.2 Å². The maximum absolute atomic E-state index is 10.5. The van der Waals surface area contributed by atoms with E-state index in [0.717, 1.165) is 6.92 Å². The normalized spacial score (nSPS) is 10.1. The Balaban J connectivity index is 4.81. The SMILES string of the molecule is CC(=O)C(C=O)(C=O)C=O. The Morgan fingerprint density at radius 2 is 1.40 bits per heavy atom. The quantitative estimate of drug-likeness (QED) is 0.379. The lowest BCUT2D eigenvalue weighted by Gasteiger charge is -2.06. The maximum atomic E-state index is 10.5. The molecule has 0 saturated carbocycles. The number of Topliss-reactive ketones (excluding diaryl/α,β-unsaturated/α-hetero) is 1. The summed E-state index contributed by atoms with van der Waals surface area (Å²) in [6.45, 7) is 1.01. The van der Waals surface area contributed by atoms with E-state index < -0.39 is 11.2 Å². The first-order valence-corrected chi connectivity index (χ1v) is 2.53. The summed E-state index contributed by atoms with van der Waals surface area (Å²) in [6.07, 6.45) is 0.111. The summed E-state index contributed by atoms with van der Waals surface area (Å²) < 4.78 is 0. The molecule has 0 spiro atoms. The van der Waals surface area contributed by atoms with Crippen LogP contribution in [-0.4, -0.2) is 24.6 Å². The van der Waals surface area contributed by atoms with Crippen molar-refractivity contribution < 1.29 is 19.2 Å². The van der Waals surface area contributed by atoms with Crippen LogP contribution in [0.4, 0.5) is 0 Å². The van der Waals surface area contributed by atoms with Crippen LogP contribution in [0.1, 0.15) is 6.92 Å². The van der Waals surface area contributed by atoms with Gasteiger partial charge in [0.1, 0.15) is 18.9 Å². The van der Waals surface area contributed by atoms with Crippen molar-refractivity contribution in [3.05, 3.63) is 0 Å². The van der Waals surface area contributed by atoms with Gasteiger partial charge in [0.2, 0.25) is 0 Å². The molecular weight excluding hydrogens is 136 g/mol. The zero-order chi connectivity index (χ0) is 8.20. The minimum atomic E-state index is -2.06. The van der Waals surface area contributed by atoms with E-state index in [1.165, 1.54) is 0 Å². The number of aldehydes is 3. The third kappa shape index (κ3) is 1.15. The van der Waals surface area contributed by atoms with Crippen molar-refractivity contribution >= 4 is 24.6 Å². The fourth-order valence-electron chi connectivity index (χ4n) is 0.332. The highest BCUT2D eigenvalue weighted by Gasteiger charge is 2.34. The highest BCUT2D eigenvalue weighted by molar-refractivity contribution is 6.23. The van der Waals surface area contributed by atoms with Crippen molar-refractivity contribution in [3.8, 4) is 0 Å². The molecule has 0 heterocycles. The average molecular weight is 142 g/mol. The van der Waals surface area contributed by atoms with Gasteiger partial charge < -0.3 is 14.4 Å². The Morgan fingerprint density at radius 1 is 1.10 bits per heavy atom. The van der Waals surface area contributed by atoms with Gasteiger partial charge in [0.05, 0.1) is 0 Å². The van der Waals surface area contributed by atoms with Gasteiger partial charge in [-0.2, -0.15) is 0 Å². The van der Waals surface area contributed by atoms with E-state index in [4.69, 9.17) is 0 Å². The highest BCUT2D eigenvalue weighted by Crippen LogP contribution is 2.06. The van der Waals surface area contributed by atoms with Crippen molar-refractivity contribution in [2.75, 3.05) is 0 Å². The smallest absolute Gasteiger partial charge is 0.194 e. The van der Waals surface area contributed by atoms with Gasteiger partial charge in [-0.05, 0) is 6.92 Å². The highest BCUT2D eigenvalue weighted by atomic mass is 16.2. The zero-order valence-electron chi connectivity index (χ0n) is 5.37. The first-order chi connectivity index (χ1) is 4.63. The standard InChI is InChI=1S/C6H6O4/c1-5(10)6(2-7,3-8)4-9/h2-4H,1H3. The zero-order valence-corrected chi connectivity index (χ0v) is 5.37. The van der Waals surface area contributed by atoms with Crippen molar-refractivity contribution in [2.45, 2.75) is 6.92 Å². The fourth-order valence-corrected chi connectivity index (χ4v) is 0.332. The minimum absolute atomic E-state index is 0.0370. The van der Waals surface area contributed by atoms with E-state index >= 15 is 0 Å². The second kappa shape index (κ2) is 3.00. The number of ketones is 1. The summed E-state index contributed by atoms with van der Waals surface area (Å²) >= 11 is 0. The van der Waals surface area contributed by atoms with Gasteiger partial charge in [-0.15, -0.1) is 0 Å². The molecule has 0 saturated heterocycles. The molecule has 54 valence electrons. The lowest BCUT2D eigenvalue weighted by Crippen LogP contribution is -2.34. The van der Waals surface area contributed by atoms with E-state index in [2.05, 4.69) is 0 Å². The minimum Gasteiger partial charge on any atom is -0.301 e. The van der Waals surface area contributed by atoms with Crippen LogP contribution >= 0.6 is 0 Å². The molecule has 4 nitrogen and oxygen atoms in total. The van der Waals surface area contributed by atoms with Gasteiger partial charge in [-0.3, -0.25) is 4.79 Å². The molecule has 0 radical (unpaired) electrons. The molecule has 0 aliphatic carbocycles. The lowest BCUT2D eigenvalue weighted by atomic mass is 9.90. The average Bonchev–Trinajstić information content (AvgIpc) is 1.92. The van der Waals surface area contributed by atoms with Gasteiger partial charge in [0.15, 0.2) is 11.2 Å². The number of carbonyl (C=O) groups is 4. The van der Waals surface area contributed by atoms with Crippen LogP contribution in [-0.2, 0) is 19.2 Å². The Hall–Kier alpha value is -1.32. The number of hydrogen-bond donors (Lipinski definition) is 0. The Labute approximate surface area is 57.2 Å². The van der Waals surface area contributed by atoms with Gasteiger partial charge in [0.25, 0.3) is 0 Å². The van der Waals surface area contributed by atoms with E-state index in [0.29, 0.717) is 0 Å². The summed E-state index contributed by atoms with van der Waals surface area (Å²) in [5.74, 6) is -0.757. The number of rotatable bonds is 4. The predicted molar refractivity (Wildman–Crippen MR) is 31.3 cm³/mol. The van der Waals surface area contributed by atoms with Gasteiger partial charge in [-0.25, -0.2) is 0 Å². The molecule has 10 heavy (non-hydrogen) atoms. The molecule has 0 rings (SSSR count). The number of hydrogen-bond acceptors (Lipinski definition) is 4. The van der Waals surface area contributed by atoms with Gasteiger partial charge in [-0.1, -0.05) is 0 Å². The Morgan fingerprint density at radius 3 is 1.40 bits per heavy atom. The summed E-state index contributed by atoms with van der Waals surface area (Å²) in [4.78, 5) is 40.6. The van der Waals surface area contributed by atoms with Crippen molar-refractivity contribution in [1.29, 1.82) is 0 Å². The molecule has 0 fully saturated rings. The summed E-state index contributed by atoms with van der Waals surface area (Å²) in [6, 6.07) is 0. The Bertz CT molecular complexity index is 160. The van der Waals surface area contributed by atoms with Gasteiger partial charge in [0, 0.05) is 0 Å². The van der Waals surface area contributed by atoms with Crippen LogP contribution in [0.25, 0.3) is 0 Å². The molecule has 0 aliphatic heterocycles. The third-order valence-electron chi connectivity index (χ3n) is 1.19. The molecule has 0 N–H and O–H groups in total. The molecule has 0 unspecified atom stereocenters. The first kappa shape index (κ1) is 8.68. The summed E-state index contributed by atoms with van der Waals surface area (Å²) in [5, 5.41) is 0. The van der Waals surface area contributed by atoms with Crippen LogP contribution in [0.3, 0.4) is 0 Å². The molecule has 0 aromatic carbocycles. The molecule has 0 aromatic heterocycles. The predicted octanol–water partition coefficient (Wildman–Crippen LogP) is -0.842. The topological polar surface area (TPSA) is 68.3 Å². The third-order valence-corrected chi connectivity index (χ3v) is 1.19. The fraction of sp³-hybridized carbons (Fsp3) is 0.333. The Kier molecular flexibility index (Phi) is 2.61. The van der Waals surface area contributed by atoms with E-state index in [1.807, 2.05) is 0 Å². The second-order valence-corrected chi connectivity index (χ2v) is 1.84. The first-order valence-electron chi connectivity index (χ1n) is 2.53. The van der Waals surface area contributed by atoms with Crippen LogP contribution in [0.2, 0.25) is 0 Å². The largest absolute Gasteiger partial charge is 0.301 e. The van der Waals surface area contributed by atoms with E-state index in [-0.39, 0.29) is 18.9 Å². The molecule has 0 amide bonds. The second-order valence-electron chi connectivity index (χ2n) is 1.84. The molecule has 0 aromatic rings. The maximum Gasteiger partial charge on any atom is 0.194 e. The van der Waals surface area contributed by atoms with Crippen molar-refractivity contribution in [3.63, 3.8) is 0 Å². The monoisotopic (exact) mass is 142 g/mol.